The fraction of sp³-hybridized carbons (Fsp3) is 0.464. The van der Waals surface area contributed by atoms with Gasteiger partial charge in [0.05, 0.1) is 23.2 Å². The molecule has 2 aromatic rings. The minimum absolute atomic E-state index is 0.0316. The van der Waals surface area contributed by atoms with Gasteiger partial charge in [0.15, 0.2) is 0 Å². The molecule has 0 spiro atoms. The van der Waals surface area contributed by atoms with Gasteiger partial charge in [-0.25, -0.2) is 4.39 Å². The number of benzene rings is 2. The highest BCUT2D eigenvalue weighted by Gasteiger charge is 2.46. The molecule has 9 nitrogen and oxygen atoms in total. The summed E-state index contributed by atoms with van der Waals surface area (Å²) in [5, 5.41) is 3.64. The van der Waals surface area contributed by atoms with E-state index in [4.69, 9.17) is 38.4 Å². The minimum atomic E-state index is -0.898. The van der Waals surface area contributed by atoms with Crippen molar-refractivity contribution in [2.24, 2.45) is 5.73 Å². The van der Waals surface area contributed by atoms with Crippen molar-refractivity contribution in [3.8, 4) is 5.75 Å². The van der Waals surface area contributed by atoms with Crippen molar-refractivity contribution in [3.05, 3.63) is 63.9 Å². The van der Waals surface area contributed by atoms with Crippen molar-refractivity contribution >= 4 is 41.0 Å². The van der Waals surface area contributed by atoms with E-state index >= 15 is 0 Å². The molecule has 3 N–H and O–H groups in total. The summed E-state index contributed by atoms with van der Waals surface area (Å²) in [5.74, 6) is -0.912. The summed E-state index contributed by atoms with van der Waals surface area (Å²) in [6.07, 6.45) is 1.03. The molecule has 0 saturated carbocycles. The van der Waals surface area contributed by atoms with E-state index in [1.165, 1.54) is 19.2 Å². The molecule has 2 aliphatic rings. The molecule has 2 fully saturated rings. The number of nitrogens with two attached hydrogens (primary N) is 1. The number of carbonyl (C=O) groups excluding carboxylic acids is 3. The molecule has 216 valence electrons. The Bertz CT molecular complexity index is 1220. The fourth-order valence-corrected chi connectivity index (χ4v) is 5.57. The Morgan fingerprint density at radius 1 is 1.18 bits per heavy atom. The van der Waals surface area contributed by atoms with Crippen molar-refractivity contribution in [1.29, 1.82) is 0 Å². The van der Waals surface area contributed by atoms with E-state index in [0.717, 1.165) is 5.56 Å². The molecule has 40 heavy (non-hydrogen) atoms. The fourth-order valence-electron chi connectivity index (χ4n) is 5.25. The van der Waals surface area contributed by atoms with Crippen molar-refractivity contribution in [2.45, 2.75) is 56.4 Å². The first kappa shape index (κ1) is 30.0. The van der Waals surface area contributed by atoms with Crippen LogP contribution >= 0.6 is 23.2 Å². The molecule has 0 radical (unpaired) electrons. The first-order valence-electron chi connectivity index (χ1n) is 13.1. The van der Waals surface area contributed by atoms with Gasteiger partial charge in [0, 0.05) is 38.1 Å². The summed E-state index contributed by atoms with van der Waals surface area (Å²) in [6, 6.07) is 9.02. The van der Waals surface area contributed by atoms with Crippen molar-refractivity contribution in [1.82, 2.24) is 15.1 Å². The molecule has 0 bridgehead atoms. The molecule has 2 amide bonds. The highest BCUT2D eigenvalue weighted by Crippen LogP contribution is 2.29. The number of amides is 2. The molecule has 12 heteroatoms. The molecule has 0 aromatic heterocycles. The Hall–Kier alpha value is -2.92. The largest absolute Gasteiger partial charge is 0.492 e. The van der Waals surface area contributed by atoms with Crippen LogP contribution in [0.15, 0.2) is 42.5 Å². The van der Waals surface area contributed by atoms with Gasteiger partial charge in [-0.3, -0.25) is 19.3 Å². The summed E-state index contributed by atoms with van der Waals surface area (Å²) in [7, 11) is 1.28. The normalized spacial score (nSPS) is 21.9. The number of rotatable bonds is 10. The van der Waals surface area contributed by atoms with Gasteiger partial charge >= 0.3 is 5.97 Å². The second kappa shape index (κ2) is 13.6. The zero-order valence-electron chi connectivity index (χ0n) is 22.2. The number of methoxy groups -OCH3 is 1. The predicted octanol–water partition coefficient (Wildman–Crippen LogP) is 3.15. The molecule has 2 heterocycles. The zero-order chi connectivity index (χ0) is 28.8. The van der Waals surface area contributed by atoms with E-state index in [1.54, 1.807) is 35.2 Å². The molecule has 4 rings (SSSR count). The number of nitrogens with one attached hydrogen (secondary N) is 1. The summed E-state index contributed by atoms with van der Waals surface area (Å²) in [5.41, 5.74) is 7.01. The average Bonchev–Trinajstić information content (AvgIpc) is 3.28. The third-order valence-electron chi connectivity index (χ3n) is 7.35. The SMILES string of the molecule is COC(=O)CC[C@H](C(=O)NCc1ccc(Cl)c(Cl)c1)N1CCC(COc2ccc(F)cc2)N2C[C@H](N)C[C@H]2C1=O. The smallest absolute Gasteiger partial charge is 0.305 e. The minimum Gasteiger partial charge on any atom is -0.492 e. The van der Waals surface area contributed by atoms with Gasteiger partial charge in [-0.1, -0.05) is 29.3 Å². The Morgan fingerprint density at radius 2 is 1.93 bits per heavy atom. The lowest BCUT2D eigenvalue weighted by Crippen LogP contribution is -2.53. The molecule has 2 aromatic carbocycles. The quantitative estimate of drug-likeness (QED) is 0.406. The summed E-state index contributed by atoms with van der Waals surface area (Å²) >= 11 is 12.1. The standard InChI is InChI=1S/C28H33Cl2FN4O5/c1-39-26(36)9-8-24(27(37)33-14-17-2-7-22(29)23(30)12-17)34-11-10-20(16-40-21-5-3-18(31)4-6-21)35-15-19(32)13-25(35)28(34)38/h2-7,12,19-20,24-25H,8-11,13-16,32H2,1H3,(H,33,37)/t19-,20?,24-,25+/m1/s1. The first-order valence-corrected chi connectivity index (χ1v) is 13.9. The molecule has 0 aliphatic carbocycles. The maximum atomic E-state index is 13.9. The van der Waals surface area contributed by atoms with Crippen LogP contribution in [0.4, 0.5) is 4.39 Å². The van der Waals surface area contributed by atoms with E-state index in [1.807, 2.05) is 4.90 Å². The van der Waals surface area contributed by atoms with Crippen LogP contribution in [0.2, 0.25) is 10.0 Å². The third kappa shape index (κ3) is 7.42. The average molecular weight is 595 g/mol. The van der Waals surface area contributed by atoms with E-state index in [-0.39, 0.29) is 56.3 Å². The van der Waals surface area contributed by atoms with Gasteiger partial charge in [0.2, 0.25) is 11.8 Å². The van der Waals surface area contributed by atoms with Gasteiger partial charge in [0.25, 0.3) is 0 Å². The lowest BCUT2D eigenvalue weighted by atomic mass is 10.1. The van der Waals surface area contributed by atoms with Crippen molar-refractivity contribution < 1.29 is 28.2 Å². The molecular formula is C28H33Cl2FN4O5. The maximum Gasteiger partial charge on any atom is 0.305 e. The van der Waals surface area contributed by atoms with E-state index < -0.39 is 24.0 Å². The summed E-state index contributed by atoms with van der Waals surface area (Å²) in [6.45, 7) is 1.23. The van der Waals surface area contributed by atoms with Crippen molar-refractivity contribution in [2.75, 3.05) is 26.8 Å². The number of halogens is 3. The second-order valence-electron chi connectivity index (χ2n) is 10.0. The highest BCUT2D eigenvalue weighted by atomic mass is 35.5. The number of nitrogens with zero attached hydrogens (tertiary/aromatic N) is 2. The number of hydrogen-bond donors (Lipinski definition) is 2. The zero-order valence-corrected chi connectivity index (χ0v) is 23.7. The monoisotopic (exact) mass is 594 g/mol. The Kier molecular flexibility index (Phi) is 10.2. The number of ether oxygens (including phenoxy) is 2. The second-order valence-corrected chi connectivity index (χ2v) is 10.9. The number of fused-ring (bicyclic) bond motifs is 1. The Morgan fingerprint density at radius 3 is 2.62 bits per heavy atom. The molecule has 1 unspecified atom stereocenters. The topological polar surface area (TPSA) is 114 Å². The van der Waals surface area contributed by atoms with Crippen LogP contribution in [0.5, 0.6) is 5.75 Å². The summed E-state index contributed by atoms with van der Waals surface area (Å²) < 4.78 is 24.0. The molecule has 2 saturated heterocycles. The number of esters is 1. The van der Waals surface area contributed by atoms with E-state index in [9.17, 15) is 18.8 Å². The molecular weight excluding hydrogens is 562 g/mol. The highest BCUT2D eigenvalue weighted by molar-refractivity contribution is 6.42. The van der Waals surface area contributed by atoms with Crippen LogP contribution in [0, 0.1) is 5.82 Å². The first-order chi connectivity index (χ1) is 19.2. The van der Waals surface area contributed by atoms with Crippen LogP contribution in [-0.2, 0) is 25.7 Å². The predicted molar refractivity (Wildman–Crippen MR) is 148 cm³/mol. The van der Waals surface area contributed by atoms with Crippen LogP contribution < -0.4 is 15.8 Å². The van der Waals surface area contributed by atoms with Gasteiger partial charge in [-0.2, -0.15) is 0 Å². The number of hydrogen-bond acceptors (Lipinski definition) is 7. The molecule has 4 atom stereocenters. The van der Waals surface area contributed by atoms with E-state index in [0.29, 0.717) is 35.2 Å². The van der Waals surface area contributed by atoms with Gasteiger partial charge in [0.1, 0.15) is 24.2 Å². The van der Waals surface area contributed by atoms with Gasteiger partial charge < -0.3 is 25.4 Å². The van der Waals surface area contributed by atoms with Crippen LogP contribution in [0.3, 0.4) is 0 Å². The third-order valence-corrected chi connectivity index (χ3v) is 8.09. The lowest BCUT2D eigenvalue weighted by molar-refractivity contribution is -0.145. The van der Waals surface area contributed by atoms with Gasteiger partial charge in [-0.05, 0) is 61.2 Å². The maximum absolute atomic E-state index is 13.9. The van der Waals surface area contributed by atoms with Crippen LogP contribution in [0.1, 0.15) is 31.2 Å². The number of carbonyl (C=O) groups is 3. The van der Waals surface area contributed by atoms with Crippen LogP contribution in [0.25, 0.3) is 0 Å². The summed E-state index contributed by atoms with van der Waals surface area (Å²) in [4.78, 5) is 42.9. The van der Waals surface area contributed by atoms with E-state index in [2.05, 4.69) is 5.32 Å². The van der Waals surface area contributed by atoms with Crippen LogP contribution in [-0.4, -0.2) is 78.6 Å². The Balaban J connectivity index is 1.51. The van der Waals surface area contributed by atoms with Crippen molar-refractivity contribution in [3.63, 3.8) is 0 Å². The van der Waals surface area contributed by atoms with Gasteiger partial charge in [-0.15, -0.1) is 0 Å². The lowest BCUT2D eigenvalue weighted by Gasteiger charge is -2.32. The molecule has 2 aliphatic heterocycles. The Labute approximate surface area is 242 Å².